The third kappa shape index (κ3) is 4.26. The Balaban J connectivity index is 1.73. The number of ether oxygens (including phenoxy) is 1. The number of hydrogen-bond acceptors (Lipinski definition) is 5. The van der Waals surface area contributed by atoms with Crippen LogP contribution in [0.3, 0.4) is 0 Å². The molecule has 3 aromatic rings. The molecule has 0 spiro atoms. The smallest absolute Gasteiger partial charge is 0.269 e. The first kappa shape index (κ1) is 18.1. The van der Waals surface area contributed by atoms with Crippen molar-refractivity contribution < 1.29 is 9.53 Å². The lowest BCUT2D eigenvalue weighted by Crippen LogP contribution is -2.11. The van der Waals surface area contributed by atoms with Gasteiger partial charge in [-0.3, -0.25) is 4.79 Å². The summed E-state index contributed by atoms with van der Waals surface area (Å²) in [4.78, 5) is 13.1. The number of nitrogens with one attached hydrogen (secondary N) is 1. The maximum Gasteiger partial charge on any atom is 0.269 e. The number of carbonyl (C=O) groups is 1. The molecule has 1 heterocycles. The number of hydrogen-bond donors (Lipinski definition) is 1. The average molecular weight is 367 g/mol. The molecular formula is C20H21N3O2S. The summed E-state index contributed by atoms with van der Waals surface area (Å²) in [7, 11) is 1.62. The Bertz CT molecular complexity index is 858. The fourth-order valence-electron chi connectivity index (χ4n) is 2.60. The lowest BCUT2D eigenvalue weighted by atomic mass is 10.1. The van der Waals surface area contributed by atoms with Gasteiger partial charge < -0.3 is 10.1 Å². The van der Waals surface area contributed by atoms with Gasteiger partial charge in [-0.1, -0.05) is 30.0 Å². The summed E-state index contributed by atoms with van der Waals surface area (Å²) >= 11 is 1.09. The third-order valence-corrected chi connectivity index (χ3v) is 4.81. The van der Waals surface area contributed by atoms with Gasteiger partial charge in [0.1, 0.15) is 16.3 Å². The zero-order valence-electron chi connectivity index (χ0n) is 14.9. The van der Waals surface area contributed by atoms with Crippen molar-refractivity contribution in [1.82, 2.24) is 9.59 Å². The van der Waals surface area contributed by atoms with E-state index in [0.717, 1.165) is 35.0 Å². The lowest BCUT2D eigenvalue weighted by molar-refractivity contribution is 0.103. The van der Waals surface area contributed by atoms with Gasteiger partial charge >= 0.3 is 0 Å². The predicted molar refractivity (Wildman–Crippen MR) is 105 cm³/mol. The highest BCUT2D eigenvalue weighted by molar-refractivity contribution is 7.08. The van der Waals surface area contributed by atoms with Crippen LogP contribution in [0.25, 0.3) is 11.3 Å². The van der Waals surface area contributed by atoms with Gasteiger partial charge in [0.25, 0.3) is 5.91 Å². The number of rotatable bonds is 7. The van der Waals surface area contributed by atoms with E-state index in [1.165, 1.54) is 18.4 Å². The normalized spacial score (nSPS) is 10.5. The molecule has 0 radical (unpaired) electrons. The molecule has 1 N–H and O–H groups in total. The maximum atomic E-state index is 12.6. The molecule has 3 rings (SSSR count). The first-order chi connectivity index (χ1) is 12.7. The van der Waals surface area contributed by atoms with Gasteiger partial charge in [0.15, 0.2) is 0 Å². The highest BCUT2D eigenvalue weighted by Crippen LogP contribution is 2.26. The molecule has 0 atom stereocenters. The Morgan fingerprint density at radius 2 is 1.85 bits per heavy atom. The van der Waals surface area contributed by atoms with Crippen LogP contribution < -0.4 is 10.1 Å². The summed E-state index contributed by atoms with van der Waals surface area (Å²) < 4.78 is 9.12. The standard InChI is InChI=1S/C20H21N3O2S/c1-3-4-5-14-6-10-16(11-7-14)21-20(24)19-18(22-23-26-19)15-8-12-17(25-2)13-9-15/h6-13H,3-5H2,1-2H3,(H,21,24). The van der Waals surface area contributed by atoms with E-state index in [-0.39, 0.29) is 5.91 Å². The van der Waals surface area contributed by atoms with Crippen molar-refractivity contribution in [2.45, 2.75) is 26.2 Å². The van der Waals surface area contributed by atoms with Crippen molar-refractivity contribution in [2.24, 2.45) is 0 Å². The number of carbonyl (C=O) groups excluding carboxylic acids is 1. The zero-order valence-corrected chi connectivity index (χ0v) is 15.7. The first-order valence-corrected chi connectivity index (χ1v) is 9.35. The van der Waals surface area contributed by atoms with Crippen LogP contribution in [0.5, 0.6) is 5.75 Å². The van der Waals surface area contributed by atoms with Crippen LogP contribution in [-0.2, 0) is 6.42 Å². The topological polar surface area (TPSA) is 64.1 Å². The monoisotopic (exact) mass is 367 g/mol. The van der Waals surface area contributed by atoms with Gasteiger partial charge in [0, 0.05) is 11.3 Å². The summed E-state index contributed by atoms with van der Waals surface area (Å²) in [6, 6.07) is 15.4. The molecule has 26 heavy (non-hydrogen) atoms. The molecule has 0 bridgehead atoms. The minimum absolute atomic E-state index is 0.202. The van der Waals surface area contributed by atoms with Gasteiger partial charge in [-0.05, 0) is 66.3 Å². The van der Waals surface area contributed by atoms with Crippen LogP contribution in [-0.4, -0.2) is 22.6 Å². The van der Waals surface area contributed by atoms with Gasteiger partial charge in [0.2, 0.25) is 0 Å². The molecule has 134 valence electrons. The number of anilines is 1. The molecule has 0 aliphatic rings. The molecule has 0 fully saturated rings. The maximum absolute atomic E-state index is 12.6. The highest BCUT2D eigenvalue weighted by Gasteiger charge is 2.18. The summed E-state index contributed by atoms with van der Waals surface area (Å²) in [5.41, 5.74) is 3.46. The number of aromatic nitrogens is 2. The molecule has 0 aliphatic heterocycles. The highest BCUT2D eigenvalue weighted by atomic mass is 32.1. The molecule has 5 nitrogen and oxygen atoms in total. The summed E-state index contributed by atoms with van der Waals surface area (Å²) in [5.74, 6) is 0.554. The largest absolute Gasteiger partial charge is 0.497 e. The van der Waals surface area contributed by atoms with Crippen molar-refractivity contribution in [1.29, 1.82) is 0 Å². The van der Waals surface area contributed by atoms with Crippen molar-refractivity contribution in [3.63, 3.8) is 0 Å². The first-order valence-electron chi connectivity index (χ1n) is 8.58. The SMILES string of the molecule is CCCCc1ccc(NC(=O)c2snnc2-c2ccc(OC)cc2)cc1. The molecule has 0 saturated heterocycles. The number of nitrogens with zero attached hydrogens (tertiary/aromatic N) is 2. The van der Waals surface area contributed by atoms with E-state index >= 15 is 0 Å². The van der Waals surface area contributed by atoms with E-state index in [2.05, 4.69) is 34.0 Å². The van der Waals surface area contributed by atoms with Crippen molar-refractivity contribution in [3.05, 3.63) is 59.0 Å². The molecule has 2 aromatic carbocycles. The molecule has 6 heteroatoms. The quantitative estimate of drug-likeness (QED) is 0.651. The van der Waals surface area contributed by atoms with E-state index in [1.54, 1.807) is 7.11 Å². The second-order valence-electron chi connectivity index (χ2n) is 5.93. The molecule has 1 amide bonds. The Morgan fingerprint density at radius 1 is 1.12 bits per heavy atom. The zero-order chi connectivity index (χ0) is 18.4. The van der Waals surface area contributed by atoms with E-state index in [4.69, 9.17) is 4.74 Å². The summed E-state index contributed by atoms with van der Waals surface area (Å²) in [6.45, 7) is 2.18. The van der Waals surface area contributed by atoms with Crippen LogP contribution in [0.15, 0.2) is 48.5 Å². The Morgan fingerprint density at radius 3 is 2.50 bits per heavy atom. The lowest BCUT2D eigenvalue weighted by Gasteiger charge is -2.07. The predicted octanol–water partition coefficient (Wildman–Crippen LogP) is 4.81. The summed E-state index contributed by atoms with van der Waals surface area (Å²) in [6.07, 6.45) is 3.40. The van der Waals surface area contributed by atoms with Gasteiger partial charge in [0.05, 0.1) is 7.11 Å². The third-order valence-electron chi connectivity index (χ3n) is 4.09. The Hall–Kier alpha value is -2.73. The minimum atomic E-state index is -0.202. The van der Waals surface area contributed by atoms with Crippen LogP contribution in [0.2, 0.25) is 0 Å². The number of methoxy groups -OCH3 is 1. The second kappa shape index (κ2) is 8.58. The van der Waals surface area contributed by atoms with Crippen molar-refractivity contribution in [3.8, 4) is 17.0 Å². The van der Waals surface area contributed by atoms with Crippen molar-refractivity contribution >= 4 is 23.1 Å². The minimum Gasteiger partial charge on any atom is -0.497 e. The molecule has 0 aliphatic carbocycles. The average Bonchev–Trinajstić information content (AvgIpc) is 3.17. The van der Waals surface area contributed by atoms with Gasteiger partial charge in [-0.2, -0.15) is 0 Å². The number of amides is 1. The van der Waals surface area contributed by atoms with E-state index in [0.29, 0.717) is 10.6 Å². The Kier molecular flexibility index (Phi) is 5.96. The molecule has 0 saturated carbocycles. The fourth-order valence-corrected chi connectivity index (χ4v) is 3.18. The van der Waals surface area contributed by atoms with E-state index < -0.39 is 0 Å². The Labute approximate surface area is 157 Å². The second-order valence-corrected chi connectivity index (χ2v) is 6.69. The van der Waals surface area contributed by atoms with Gasteiger partial charge in [-0.25, -0.2) is 0 Å². The number of aryl methyl sites for hydroxylation is 1. The van der Waals surface area contributed by atoms with E-state index in [9.17, 15) is 4.79 Å². The van der Waals surface area contributed by atoms with Crippen LogP contribution in [0.1, 0.15) is 35.0 Å². The van der Waals surface area contributed by atoms with Crippen LogP contribution in [0, 0.1) is 0 Å². The van der Waals surface area contributed by atoms with Gasteiger partial charge in [-0.15, -0.1) is 5.10 Å². The molecule has 0 unspecified atom stereocenters. The number of unbranched alkanes of at least 4 members (excludes halogenated alkanes) is 1. The van der Waals surface area contributed by atoms with E-state index in [1.807, 2.05) is 36.4 Å². The number of benzene rings is 2. The fraction of sp³-hybridized carbons (Fsp3) is 0.250. The molecular weight excluding hydrogens is 346 g/mol. The summed E-state index contributed by atoms with van der Waals surface area (Å²) in [5, 5.41) is 7.05. The van der Waals surface area contributed by atoms with Crippen LogP contribution >= 0.6 is 11.5 Å². The van der Waals surface area contributed by atoms with Crippen molar-refractivity contribution in [2.75, 3.05) is 12.4 Å². The molecule has 1 aromatic heterocycles. The van der Waals surface area contributed by atoms with Crippen LogP contribution in [0.4, 0.5) is 5.69 Å².